The van der Waals surface area contributed by atoms with Gasteiger partial charge in [0.25, 0.3) is 0 Å². The van der Waals surface area contributed by atoms with Gasteiger partial charge in [0.15, 0.2) is 0 Å². The molecule has 0 heterocycles. The van der Waals surface area contributed by atoms with Gasteiger partial charge >= 0.3 is 0 Å². The van der Waals surface area contributed by atoms with Gasteiger partial charge in [-0.2, -0.15) is 0 Å². The second-order valence-electron chi connectivity index (χ2n) is 6.61. The normalized spacial score (nSPS) is 11.8. The van der Waals surface area contributed by atoms with E-state index in [1.54, 1.807) is 43.3 Å². The molecule has 4 nitrogen and oxygen atoms in total. The van der Waals surface area contributed by atoms with Gasteiger partial charge in [-0.15, -0.1) is 0 Å². The average Bonchev–Trinajstić information content (AvgIpc) is 2.68. The Labute approximate surface area is 191 Å². The van der Waals surface area contributed by atoms with Gasteiger partial charge in [-0.05, 0) is 43.2 Å². The average molecular weight is 476 g/mol. The molecular formula is C21H22Cl4N2O2. The van der Waals surface area contributed by atoms with Gasteiger partial charge in [0.1, 0.15) is 6.04 Å². The quantitative estimate of drug-likeness (QED) is 0.525. The Balaban J connectivity index is 2.30. The zero-order valence-corrected chi connectivity index (χ0v) is 19.2. The van der Waals surface area contributed by atoms with E-state index in [4.69, 9.17) is 46.4 Å². The van der Waals surface area contributed by atoms with Crippen molar-refractivity contribution in [2.45, 2.75) is 39.3 Å². The summed E-state index contributed by atoms with van der Waals surface area (Å²) in [4.78, 5) is 27.2. The number of carbonyl (C=O) groups excluding carboxylic acids is 2. The highest BCUT2D eigenvalue weighted by Gasteiger charge is 2.27. The van der Waals surface area contributed by atoms with Crippen LogP contribution in [-0.4, -0.2) is 29.3 Å². The zero-order valence-electron chi connectivity index (χ0n) is 16.1. The minimum atomic E-state index is -0.704. The summed E-state index contributed by atoms with van der Waals surface area (Å²) in [5, 5.41) is 4.48. The molecule has 0 aliphatic rings. The third-order valence-corrected chi connectivity index (χ3v) is 5.89. The fourth-order valence-corrected chi connectivity index (χ4v) is 3.60. The molecule has 1 N–H and O–H groups in total. The van der Waals surface area contributed by atoms with E-state index in [0.717, 1.165) is 6.42 Å². The van der Waals surface area contributed by atoms with E-state index in [1.807, 2.05) is 6.92 Å². The predicted molar refractivity (Wildman–Crippen MR) is 120 cm³/mol. The van der Waals surface area contributed by atoms with Crippen LogP contribution in [0.1, 0.15) is 31.4 Å². The Morgan fingerprint density at radius 3 is 2.24 bits per heavy atom. The Morgan fingerprint density at radius 2 is 1.66 bits per heavy atom. The van der Waals surface area contributed by atoms with Crippen LogP contribution in [0.25, 0.3) is 0 Å². The largest absolute Gasteiger partial charge is 0.354 e. The number of carbonyl (C=O) groups is 2. The number of nitrogens with zero attached hydrogens (tertiary/aromatic N) is 1. The summed E-state index contributed by atoms with van der Waals surface area (Å²) < 4.78 is 0. The van der Waals surface area contributed by atoms with Crippen molar-refractivity contribution in [1.82, 2.24) is 10.2 Å². The van der Waals surface area contributed by atoms with E-state index < -0.39 is 6.04 Å². The lowest BCUT2D eigenvalue weighted by atomic mass is 10.1. The summed E-state index contributed by atoms with van der Waals surface area (Å²) in [7, 11) is 0. The first kappa shape index (κ1) is 23.8. The molecule has 8 heteroatoms. The number of halogens is 4. The first-order valence-electron chi connectivity index (χ1n) is 9.18. The molecule has 0 aromatic heterocycles. The minimum absolute atomic E-state index is 0.0599. The zero-order chi connectivity index (χ0) is 21.6. The molecule has 0 aliphatic heterocycles. The molecule has 0 aliphatic carbocycles. The van der Waals surface area contributed by atoms with E-state index in [-0.39, 0.29) is 24.8 Å². The van der Waals surface area contributed by atoms with E-state index in [1.165, 1.54) is 4.90 Å². The number of rotatable bonds is 8. The number of benzene rings is 2. The Hall–Kier alpha value is -1.46. The second kappa shape index (κ2) is 11.1. The van der Waals surface area contributed by atoms with Gasteiger partial charge in [0, 0.05) is 28.7 Å². The standard InChI is InChI=1S/C21H22Cl4N2O2/c1-3-9-26-21(29)13(2)27(12-15-16(22)5-4-6-17(15)23)20(28)11-14-7-8-18(24)19(25)10-14/h4-8,10,13H,3,9,11-12H2,1-2H3,(H,26,29)/t13-/m0/s1. The van der Waals surface area contributed by atoms with Crippen LogP contribution >= 0.6 is 46.4 Å². The molecule has 156 valence electrons. The maximum Gasteiger partial charge on any atom is 0.242 e. The third-order valence-electron chi connectivity index (χ3n) is 4.45. The predicted octanol–water partition coefficient (Wildman–Crippen LogP) is 5.79. The summed E-state index contributed by atoms with van der Waals surface area (Å²) in [5.74, 6) is -0.490. The lowest BCUT2D eigenvalue weighted by Gasteiger charge is -2.29. The summed E-state index contributed by atoms with van der Waals surface area (Å²) in [6.07, 6.45) is 0.858. The lowest BCUT2D eigenvalue weighted by Crippen LogP contribution is -2.48. The summed E-state index contributed by atoms with van der Waals surface area (Å²) >= 11 is 24.6. The molecule has 2 rings (SSSR count). The monoisotopic (exact) mass is 474 g/mol. The summed E-state index contributed by atoms with van der Waals surface area (Å²) in [5.41, 5.74) is 1.29. The number of amides is 2. The third kappa shape index (κ3) is 6.51. The van der Waals surface area contributed by atoms with E-state index in [9.17, 15) is 9.59 Å². The second-order valence-corrected chi connectivity index (χ2v) is 8.24. The molecular weight excluding hydrogens is 454 g/mol. The molecule has 0 saturated heterocycles. The molecule has 0 spiro atoms. The highest BCUT2D eigenvalue weighted by Crippen LogP contribution is 2.27. The van der Waals surface area contributed by atoms with Crippen LogP contribution in [0.2, 0.25) is 20.1 Å². The van der Waals surface area contributed by atoms with Crippen LogP contribution in [-0.2, 0) is 22.6 Å². The van der Waals surface area contributed by atoms with E-state index in [2.05, 4.69) is 5.32 Å². The van der Waals surface area contributed by atoms with Crippen LogP contribution in [0.5, 0.6) is 0 Å². The Bertz CT molecular complexity index is 869. The molecule has 1 atom stereocenters. The van der Waals surface area contributed by atoms with Gasteiger partial charge < -0.3 is 10.2 Å². The van der Waals surface area contributed by atoms with Crippen molar-refractivity contribution < 1.29 is 9.59 Å². The van der Waals surface area contributed by atoms with E-state index >= 15 is 0 Å². The fraction of sp³-hybridized carbons (Fsp3) is 0.333. The molecule has 0 unspecified atom stereocenters. The Kier molecular flexibility index (Phi) is 9.09. The molecule has 0 saturated carbocycles. The van der Waals surface area contributed by atoms with Crippen molar-refractivity contribution in [2.75, 3.05) is 6.54 Å². The Morgan fingerprint density at radius 1 is 1.00 bits per heavy atom. The molecule has 0 fully saturated rings. The van der Waals surface area contributed by atoms with E-state index in [0.29, 0.717) is 37.8 Å². The van der Waals surface area contributed by atoms with Crippen LogP contribution in [0.4, 0.5) is 0 Å². The fourth-order valence-electron chi connectivity index (χ4n) is 2.76. The topological polar surface area (TPSA) is 49.4 Å². The smallest absolute Gasteiger partial charge is 0.242 e. The van der Waals surface area contributed by atoms with Crippen LogP contribution in [0.15, 0.2) is 36.4 Å². The maximum absolute atomic E-state index is 13.1. The van der Waals surface area contributed by atoms with Crippen molar-refractivity contribution in [1.29, 1.82) is 0 Å². The first-order chi connectivity index (χ1) is 13.7. The SMILES string of the molecule is CCCNC(=O)[C@H](C)N(Cc1c(Cl)cccc1Cl)C(=O)Cc1ccc(Cl)c(Cl)c1. The minimum Gasteiger partial charge on any atom is -0.354 e. The maximum atomic E-state index is 13.1. The van der Waals surface area contributed by atoms with Crippen molar-refractivity contribution >= 4 is 58.2 Å². The van der Waals surface area contributed by atoms with Gasteiger partial charge in [0.2, 0.25) is 11.8 Å². The molecule has 29 heavy (non-hydrogen) atoms. The molecule has 2 aromatic carbocycles. The molecule has 2 amide bonds. The van der Waals surface area contributed by atoms with Crippen LogP contribution in [0, 0.1) is 0 Å². The van der Waals surface area contributed by atoms with Gasteiger partial charge in [-0.25, -0.2) is 0 Å². The van der Waals surface area contributed by atoms with Crippen molar-refractivity contribution in [3.63, 3.8) is 0 Å². The highest BCUT2D eigenvalue weighted by molar-refractivity contribution is 6.42. The summed E-state index contributed by atoms with van der Waals surface area (Å²) in [6, 6.07) is 9.44. The van der Waals surface area contributed by atoms with Crippen molar-refractivity contribution in [2.24, 2.45) is 0 Å². The van der Waals surface area contributed by atoms with Gasteiger partial charge in [-0.1, -0.05) is 65.5 Å². The molecule has 2 aromatic rings. The molecule has 0 radical (unpaired) electrons. The highest BCUT2D eigenvalue weighted by atomic mass is 35.5. The lowest BCUT2D eigenvalue weighted by molar-refractivity contribution is -0.140. The van der Waals surface area contributed by atoms with Crippen LogP contribution < -0.4 is 5.32 Å². The summed E-state index contributed by atoms with van der Waals surface area (Å²) in [6.45, 7) is 4.29. The van der Waals surface area contributed by atoms with Gasteiger partial charge in [0.05, 0.1) is 16.5 Å². The number of nitrogens with one attached hydrogen (secondary N) is 1. The number of hydrogen-bond donors (Lipinski definition) is 1. The van der Waals surface area contributed by atoms with Crippen molar-refractivity contribution in [3.05, 3.63) is 67.6 Å². The van der Waals surface area contributed by atoms with Crippen LogP contribution in [0.3, 0.4) is 0 Å². The number of hydrogen-bond acceptors (Lipinski definition) is 2. The van der Waals surface area contributed by atoms with Crippen molar-refractivity contribution in [3.8, 4) is 0 Å². The molecule has 0 bridgehead atoms. The van der Waals surface area contributed by atoms with Gasteiger partial charge in [-0.3, -0.25) is 9.59 Å². The first-order valence-corrected chi connectivity index (χ1v) is 10.7.